The van der Waals surface area contributed by atoms with Crippen molar-refractivity contribution in [2.45, 2.75) is 25.3 Å². The minimum absolute atomic E-state index is 0.00343. The van der Waals surface area contributed by atoms with Crippen LogP contribution in [0.25, 0.3) is 0 Å². The first-order valence-electron chi connectivity index (χ1n) is 6.95. The number of aliphatic hydroxyl groups is 1. The lowest BCUT2D eigenvalue weighted by atomic mass is 10.0. The van der Waals surface area contributed by atoms with E-state index in [9.17, 15) is 9.90 Å². The number of ether oxygens (including phenoxy) is 2. The van der Waals surface area contributed by atoms with Crippen molar-refractivity contribution in [1.82, 2.24) is 4.90 Å². The van der Waals surface area contributed by atoms with E-state index in [0.717, 1.165) is 19.3 Å². The second-order valence-electron chi connectivity index (χ2n) is 5.03. The van der Waals surface area contributed by atoms with E-state index < -0.39 is 0 Å². The Hall–Kier alpha value is -1.27. The van der Waals surface area contributed by atoms with Crippen LogP contribution in [0, 0.1) is 0 Å². The van der Waals surface area contributed by atoms with E-state index in [-0.39, 0.29) is 18.6 Å². The third-order valence-electron chi connectivity index (χ3n) is 3.79. The number of likely N-dealkylation sites (tertiary alicyclic amines) is 1. The van der Waals surface area contributed by atoms with Crippen LogP contribution in [0.2, 0.25) is 0 Å². The monoisotopic (exact) mass is 357 g/mol. The zero-order valence-corrected chi connectivity index (χ0v) is 13.9. The molecule has 1 unspecified atom stereocenters. The molecule has 2 rings (SSSR count). The van der Waals surface area contributed by atoms with E-state index in [1.54, 1.807) is 31.3 Å². The lowest BCUT2D eigenvalue weighted by Crippen LogP contribution is -2.45. The van der Waals surface area contributed by atoms with Crippen molar-refractivity contribution < 1.29 is 19.4 Å². The maximum Gasteiger partial charge on any atom is 0.254 e. The molecule has 1 aliphatic rings. The Morgan fingerprint density at radius 2 is 1.95 bits per heavy atom. The SMILES string of the molecule is COc1cc(C(=O)N2CCCCC2CO)cc(OC)c1Br. The summed E-state index contributed by atoms with van der Waals surface area (Å²) < 4.78 is 11.2. The summed E-state index contributed by atoms with van der Waals surface area (Å²) in [7, 11) is 3.09. The maximum atomic E-state index is 12.7. The normalized spacial score (nSPS) is 18.5. The summed E-state index contributed by atoms with van der Waals surface area (Å²) in [6.45, 7) is 0.668. The standard InChI is InChI=1S/C15H20BrNO4/c1-20-12-7-10(8-13(21-2)14(12)16)15(19)17-6-4-3-5-11(17)9-18/h7-8,11,18H,3-6,9H2,1-2H3. The molecule has 0 spiro atoms. The van der Waals surface area contributed by atoms with E-state index in [1.165, 1.54) is 0 Å². The van der Waals surface area contributed by atoms with Gasteiger partial charge in [0.15, 0.2) is 0 Å². The molecule has 0 aliphatic carbocycles. The number of methoxy groups -OCH3 is 2. The van der Waals surface area contributed by atoms with Gasteiger partial charge in [-0.3, -0.25) is 4.79 Å². The van der Waals surface area contributed by atoms with Crippen LogP contribution in [0.1, 0.15) is 29.6 Å². The van der Waals surface area contributed by atoms with Crippen LogP contribution >= 0.6 is 15.9 Å². The molecule has 1 saturated heterocycles. The highest BCUT2D eigenvalue weighted by Gasteiger charge is 2.28. The van der Waals surface area contributed by atoms with Gasteiger partial charge in [-0.2, -0.15) is 0 Å². The quantitative estimate of drug-likeness (QED) is 0.898. The van der Waals surface area contributed by atoms with Crippen LogP contribution in [0.15, 0.2) is 16.6 Å². The molecular weight excluding hydrogens is 338 g/mol. The number of nitrogens with zero attached hydrogens (tertiary/aromatic N) is 1. The average molecular weight is 358 g/mol. The van der Waals surface area contributed by atoms with Crippen molar-refractivity contribution in [3.63, 3.8) is 0 Å². The van der Waals surface area contributed by atoms with Gasteiger partial charge in [-0.1, -0.05) is 0 Å². The fourth-order valence-corrected chi connectivity index (χ4v) is 3.17. The van der Waals surface area contributed by atoms with Gasteiger partial charge in [0, 0.05) is 12.1 Å². The molecule has 6 heteroatoms. The van der Waals surface area contributed by atoms with Crippen molar-refractivity contribution in [3.8, 4) is 11.5 Å². The molecule has 0 aromatic heterocycles. The Bertz CT molecular complexity index is 495. The molecule has 1 amide bonds. The first-order valence-corrected chi connectivity index (χ1v) is 7.75. The number of halogens is 1. The highest BCUT2D eigenvalue weighted by Crippen LogP contribution is 2.36. The largest absolute Gasteiger partial charge is 0.495 e. The minimum Gasteiger partial charge on any atom is -0.495 e. The number of benzene rings is 1. The predicted octanol–water partition coefficient (Wildman–Crippen LogP) is 2.45. The van der Waals surface area contributed by atoms with Crippen LogP contribution in [0.5, 0.6) is 11.5 Å². The molecule has 5 nitrogen and oxygen atoms in total. The number of aliphatic hydroxyl groups excluding tert-OH is 1. The summed E-state index contributed by atoms with van der Waals surface area (Å²) in [4.78, 5) is 14.4. The summed E-state index contributed by atoms with van der Waals surface area (Å²) in [6.07, 6.45) is 2.85. The fraction of sp³-hybridized carbons (Fsp3) is 0.533. The Labute approximate surface area is 133 Å². The molecule has 0 saturated carbocycles. The highest BCUT2D eigenvalue weighted by molar-refractivity contribution is 9.10. The van der Waals surface area contributed by atoms with Crippen molar-refractivity contribution in [2.24, 2.45) is 0 Å². The van der Waals surface area contributed by atoms with Crippen LogP contribution < -0.4 is 9.47 Å². The van der Waals surface area contributed by atoms with E-state index in [2.05, 4.69) is 15.9 Å². The van der Waals surface area contributed by atoms with Gasteiger partial charge in [0.1, 0.15) is 16.0 Å². The predicted molar refractivity (Wildman–Crippen MR) is 83.0 cm³/mol. The minimum atomic E-state index is -0.105. The van der Waals surface area contributed by atoms with Gasteiger partial charge in [0.2, 0.25) is 0 Å². The smallest absolute Gasteiger partial charge is 0.254 e. The van der Waals surface area contributed by atoms with Crippen LogP contribution in [-0.4, -0.2) is 49.3 Å². The second kappa shape index (κ2) is 7.13. The zero-order chi connectivity index (χ0) is 15.4. The number of amides is 1. The Morgan fingerprint density at radius 1 is 1.33 bits per heavy atom. The van der Waals surface area contributed by atoms with Crippen LogP contribution in [0.3, 0.4) is 0 Å². The average Bonchev–Trinajstić information content (AvgIpc) is 2.54. The number of carbonyl (C=O) groups excluding carboxylic acids is 1. The fourth-order valence-electron chi connectivity index (χ4n) is 2.62. The highest BCUT2D eigenvalue weighted by atomic mass is 79.9. The summed E-state index contributed by atoms with van der Waals surface area (Å²) in [5.41, 5.74) is 0.507. The lowest BCUT2D eigenvalue weighted by Gasteiger charge is -2.34. The van der Waals surface area contributed by atoms with Gasteiger partial charge in [-0.25, -0.2) is 0 Å². The van der Waals surface area contributed by atoms with E-state index in [1.807, 2.05) is 0 Å². The molecule has 0 radical (unpaired) electrons. The number of hydrogen-bond acceptors (Lipinski definition) is 4. The molecule has 1 heterocycles. The van der Waals surface area contributed by atoms with Gasteiger partial charge in [-0.15, -0.1) is 0 Å². The van der Waals surface area contributed by atoms with E-state index >= 15 is 0 Å². The molecule has 1 atom stereocenters. The zero-order valence-electron chi connectivity index (χ0n) is 12.3. The van der Waals surface area contributed by atoms with Gasteiger partial charge < -0.3 is 19.5 Å². The molecule has 1 aromatic rings. The Kier molecular flexibility index (Phi) is 5.47. The van der Waals surface area contributed by atoms with Gasteiger partial charge in [-0.05, 0) is 47.3 Å². The molecule has 1 N–H and O–H groups in total. The van der Waals surface area contributed by atoms with Gasteiger partial charge >= 0.3 is 0 Å². The maximum absolute atomic E-state index is 12.7. The third kappa shape index (κ3) is 3.32. The third-order valence-corrected chi connectivity index (χ3v) is 4.57. The molecule has 116 valence electrons. The molecule has 0 bridgehead atoms. The lowest BCUT2D eigenvalue weighted by molar-refractivity contribution is 0.0502. The number of rotatable bonds is 4. The number of hydrogen-bond donors (Lipinski definition) is 1. The van der Waals surface area contributed by atoms with E-state index in [4.69, 9.17) is 9.47 Å². The topological polar surface area (TPSA) is 59.0 Å². The summed E-state index contributed by atoms with van der Waals surface area (Å²) in [5.74, 6) is 1.00. The van der Waals surface area contributed by atoms with Crippen LogP contribution in [0.4, 0.5) is 0 Å². The first-order chi connectivity index (χ1) is 10.1. The first kappa shape index (κ1) is 16.1. The number of carbonyl (C=O) groups is 1. The van der Waals surface area contributed by atoms with Crippen molar-refractivity contribution in [3.05, 3.63) is 22.2 Å². The summed E-state index contributed by atoms with van der Waals surface area (Å²) in [6, 6.07) is 3.28. The second-order valence-corrected chi connectivity index (χ2v) is 5.82. The molecule has 1 aliphatic heterocycles. The summed E-state index contributed by atoms with van der Waals surface area (Å²) in [5, 5.41) is 9.45. The Morgan fingerprint density at radius 3 is 2.48 bits per heavy atom. The molecule has 1 fully saturated rings. The van der Waals surface area contributed by atoms with Gasteiger partial charge in [0.05, 0.1) is 26.9 Å². The molecule has 1 aromatic carbocycles. The summed E-state index contributed by atoms with van der Waals surface area (Å²) >= 11 is 3.39. The molecule has 21 heavy (non-hydrogen) atoms. The Balaban J connectivity index is 2.33. The molecular formula is C15H20BrNO4. The van der Waals surface area contributed by atoms with E-state index in [0.29, 0.717) is 28.1 Å². The van der Waals surface area contributed by atoms with Crippen LogP contribution in [-0.2, 0) is 0 Å². The van der Waals surface area contributed by atoms with Crippen molar-refractivity contribution >= 4 is 21.8 Å². The van der Waals surface area contributed by atoms with Gasteiger partial charge in [0.25, 0.3) is 5.91 Å². The van der Waals surface area contributed by atoms with Crippen molar-refractivity contribution in [2.75, 3.05) is 27.4 Å². The number of piperidine rings is 1. The van der Waals surface area contributed by atoms with Crippen molar-refractivity contribution in [1.29, 1.82) is 0 Å².